The molecule has 0 bridgehead atoms. The van der Waals surface area contributed by atoms with Crippen LogP contribution in [0, 0.1) is 0 Å². The molecule has 43 heavy (non-hydrogen) atoms. The quantitative estimate of drug-likeness (QED) is 0.0900. The second kappa shape index (κ2) is 15.2. The number of carbonyl (C=O) groups is 5. The molecule has 222 valence electrons. The average molecular weight is 591 g/mol. The molecule has 0 radical (unpaired) electrons. The molecule has 12 heteroatoms. The van der Waals surface area contributed by atoms with Crippen LogP contribution in [0.15, 0.2) is 97.1 Å². The van der Waals surface area contributed by atoms with E-state index < -0.39 is 36.8 Å². The molecule has 0 aliphatic carbocycles. The van der Waals surface area contributed by atoms with Gasteiger partial charge in [0.25, 0.3) is 0 Å². The first-order valence-electron chi connectivity index (χ1n) is 12.4. The highest BCUT2D eigenvalue weighted by molar-refractivity contribution is 5.92. The van der Waals surface area contributed by atoms with E-state index in [1.54, 1.807) is 0 Å². The fraction of sp³-hybridized carbons (Fsp3) is 0.129. The van der Waals surface area contributed by atoms with Crippen molar-refractivity contribution >= 4 is 30.0 Å². The van der Waals surface area contributed by atoms with Gasteiger partial charge in [-0.3, -0.25) is 0 Å². The number of rotatable bonds is 12. The van der Waals surface area contributed by atoms with Gasteiger partial charge >= 0.3 is 30.0 Å². The minimum absolute atomic E-state index is 0.0743. The number of esters is 4. The predicted octanol–water partition coefficient (Wildman–Crippen LogP) is 5.17. The van der Waals surface area contributed by atoms with Gasteiger partial charge in [-0.15, -0.1) is 0 Å². The predicted molar refractivity (Wildman–Crippen MR) is 149 cm³/mol. The maximum atomic E-state index is 12.5. The van der Waals surface area contributed by atoms with Crippen molar-refractivity contribution in [1.29, 1.82) is 0 Å². The Morgan fingerprint density at radius 2 is 0.884 bits per heavy atom. The van der Waals surface area contributed by atoms with E-state index in [1.165, 1.54) is 86.6 Å². The van der Waals surface area contributed by atoms with Gasteiger partial charge in [-0.2, -0.15) is 0 Å². The van der Waals surface area contributed by atoms with Crippen LogP contribution < -0.4 is 18.9 Å². The van der Waals surface area contributed by atoms with Gasteiger partial charge in [0.1, 0.15) is 23.0 Å². The maximum Gasteiger partial charge on any atom is 0.516 e. The van der Waals surface area contributed by atoms with Crippen molar-refractivity contribution in [2.45, 2.75) is 13.8 Å². The van der Waals surface area contributed by atoms with Crippen molar-refractivity contribution in [3.05, 3.63) is 108 Å². The third kappa shape index (κ3) is 10.2. The molecule has 3 rings (SSSR count). The molecule has 3 aromatic rings. The summed E-state index contributed by atoms with van der Waals surface area (Å²) >= 11 is 0. The van der Waals surface area contributed by atoms with Crippen molar-refractivity contribution in [2.24, 2.45) is 0 Å². The standard InChI is InChI=1S/C31H26O12/c1-19(2)27(32)38-17-37-23-9-5-21(6-10-23)29(34)41-24-13-15-25(16-14-24)42-30(35)22-7-11-26(12-8-22)43-31(36)40-18-39-28(33)20(3)4/h5-16H,1,3,17-18H2,2,4H3. The molecular formula is C31H26O12. The summed E-state index contributed by atoms with van der Waals surface area (Å²) in [6.45, 7) is 8.87. The van der Waals surface area contributed by atoms with Crippen LogP contribution in [0.25, 0.3) is 0 Å². The average Bonchev–Trinajstić information content (AvgIpc) is 2.98. The summed E-state index contributed by atoms with van der Waals surface area (Å²) in [4.78, 5) is 59.2. The Kier molecular flexibility index (Phi) is 11.2. The first-order valence-corrected chi connectivity index (χ1v) is 12.4. The SMILES string of the molecule is C=C(C)C(=O)OCOC(=O)Oc1ccc(C(=O)Oc2ccc(OC(=O)c3ccc(OCOC(=O)C(=C)C)cc3)cc2)cc1. The van der Waals surface area contributed by atoms with Gasteiger partial charge in [0, 0.05) is 11.1 Å². The lowest BCUT2D eigenvalue weighted by molar-refractivity contribution is -0.148. The van der Waals surface area contributed by atoms with Crippen LogP contribution in [-0.4, -0.2) is 43.6 Å². The molecule has 0 saturated carbocycles. The highest BCUT2D eigenvalue weighted by Crippen LogP contribution is 2.21. The zero-order chi connectivity index (χ0) is 31.4. The van der Waals surface area contributed by atoms with Crippen LogP contribution >= 0.6 is 0 Å². The van der Waals surface area contributed by atoms with Crippen molar-refractivity contribution in [1.82, 2.24) is 0 Å². The fourth-order valence-corrected chi connectivity index (χ4v) is 2.91. The first kappa shape index (κ1) is 31.6. The largest absolute Gasteiger partial charge is 0.516 e. The summed E-state index contributed by atoms with van der Waals surface area (Å²) < 4.78 is 35.0. The summed E-state index contributed by atoms with van der Waals surface area (Å²) in [6, 6.07) is 17.2. The van der Waals surface area contributed by atoms with Crippen molar-refractivity contribution in [2.75, 3.05) is 13.6 Å². The molecule has 12 nitrogen and oxygen atoms in total. The van der Waals surface area contributed by atoms with Crippen molar-refractivity contribution in [3.8, 4) is 23.0 Å². The fourth-order valence-electron chi connectivity index (χ4n) is 2.91. The van der Waals surface area contributed by atoms with Gasteiger partial charge < -0.3 is 33.2 Å². The Hall–Kier alpha value is -5.91. The first-order chi connectivity index (χ1) is 20.5. The van der Waals surface area contributed by atoms with Gasteiger partial charge in [0.15, 0.2) is 0 Å². The molecule has 0 saturated heterocycles. The molecule has 0 unspecified atom stereocenters. The monoisotopic (exact) mass is 590 g/mol. The summed E-state index contributed by atoms with van der Waals surface area (Å²) in [7, 11) is 0. The minimum atomic E-state index is -1.12. The Bertz CT molecular complexity index is 1500. The smallest absolute Gasteiger partial charge is 0.457 e. The molecule has 0 amide bonds. The van der Waals surface area contributed by atoms with Crippen LogP contribution in [-0.2, 0) is 23.8 Å². The Labute approximate surface area is 246 Å². The van der Waals surface area contributed by atoms with E-state index in [0.717, 1.165) is 0 Å². The number of hydrogen-bond donors (Lipinski definition) is 0. The zero-order valence-electron chi connectivity index (χ0n) is 23.2. The van der Waals surface area contributed by atoms with Gasteiger partial charge in [0.05, 0.1) is 11.1 Å². The van der Waals surface area contributed by atoms with E-state index in [1.807, 2.05) is 0 Å². The highest BCUT2D eigenvalue weighted by Gasteiger charge is 2.13. The highest BCUT2D eigenvalue weighted by atomic mass is 16.8. The normalized spacial score (nSPS) is 10.0. The third-order valence-corrected chi connectivity index (χ3v) is 5.11. The van der Waals surface area contributed by atoms with E-state index in [0.29, 0.717) is 5.75 Å². The second-order valence-corrected chi connectivity index (χ2v) is 8.60. The number of hydrogen-bond acceptors (Lipinski definition) is 12. The van der Waals surface area contributed by atoms with Crippen LogP contribution in [0.5, 0.6) is 23.0 Å². The van der Waals surface area contributed by atoms with Crippen molar-refractivity contribution in [3.63, 3.8) is 0 Å². The zero-order valence-corrected chi connectivity index (χ0v) is 23.2. The lowest BCUT2D eigenvalue weighted by Crippen LogP contribution is -2.16. The van der Waals surface area contributed by atoms with Gasteiger partial charge in [-0.1, -0.05) is 13.2 Å². The number of ether oxygens (including phenoxy) is 7. The summed E-state index contributed by atoms with van der Waals surface area (Å²) in [5.41, 5.74) is 0.795. The summed E-state index contributed by atoms with van der Waals surface area (Å²) in [5, 5.41) is 0. The molecule has 0 aliphatic rings. The third-order valence-electron chi connectivity index (χ3n) is 5.11. The van der Waals surface area contributed by atoms with E-state index in [9.17, 15) is 24.0 Å². The van der Waals surface area contributed by atoms with Crippen LogP contribution in [0.4, 0.5) is 4.79 Å². The molecule has 0 aliphatic heterocycles. The number of carbonyl (C=O) groups excluding carboxylic acids is 5. The Balaban J connectivity index is 1.45. The lowest BCUT2D eigenvalue weighted by atomic mass is 10.2. The van der Waals surface area contributed by atoms with Crippen LogP contribution in [0.2, 0.25) is 0 Å². The molecular weight excluding hydrogens is 564 g/mol. The number of benzene rings is 3. The van der Waals surface area contributed by atoms with E-state index in [-0.39, 0.29) is 46.3 Å². The maximum absolute atomic E-state index is 12.5. The molecule has 0 atom stereocenters. The van der Waals surface area contributed by atoms with Crippen LogP contribution in [0.1, 0.15) is 34.6 Å². The minimum Gasteiger partial charge on any atom is -0.457 e. The summed E-state index contributed by atoms with van der Waals surface area (Å²) in [6.07, 6.45) is -1.12. The molecule has 0 fully saturated rings. The lowest BCUT2D eigenvalue weighted by Gasteiger charge is -2.09. The molecule has 0 spiro atoms. The topological polar surface area (TPSA) is 150 Å². The van der Waals surface area contributed by atoms with E-state index in [4.69, 9.17) is 23.7 Å². The van der Waals surface area contributed by atoms with Gasteiger partial charge in [-0.25, -0.2) is 24.0 Å². The molecule has 0 heterocycles. The van der Waals surface area contributed by atoms with Crippen molar-refractivity contribution < 1.29 is 57.1 Å². The van der Waals surface area contributed by atoms with Gasteiger partial charge in [-0.05, 0) is 86.6 Å². The second-order valence-electron chi connectivity index (χ2n) is 8.60. The summed E-state index contributed by atoms with van der Waals surface area (Å²) in [5.74, 6) is -1.78. The van der Waals surface area contributed by atoms with Gasteiger partial charge in [0.2, 0.25) is 13.6 Å². The van der Waals surface area contributed by atoms with E-state index >= 15 is 0 Å². The molecule has 0 aromatic heterocycles. The molecule has 0 N–H and O–H groups in total. The van der Waals surface area contributed by atoms with E-state index in [2.05, 4.69) is 22.6 Å². The van der Waals surface area contributed by atoms with Crippen LogP contribution in [0.3, 0.4) is 0 Å². The Morgan fingerprint density at radius 3 is 1.33 bits per heavy atom. The Morgan fingerprint density at radius 1 is 0.512 bits per heavy atom. The molecule has 3 aromatic carbocycles.